The van der Waals surface area contributed by atoms with Crippen LogP contribution in [0.2, 0.25) is 0 Å². The van der Waals surface area contributed by atoms with Gasteiger partial charge in [-0.25, -0.2) is 0 Å². The van der Waals surface area contributed by atoms with E-state index in [0.29, 0.717) is 0 Å². The minimum Gasteiger partial charge on any atom is -0.309 e. The second-order valence-electron chi connectivity index (χ2n) is 7.32. The van der Waals surface area contributed by atoms with E-state index in [4.69, 9.17) is 0 Å². The van der Waals surface area contributed by atoms with Gasteiger partial charge in [0.25, 0.3) is 0 Å². The summed E-state index contributed by atoms with van der Waals surface area (Å²) in [7, 11) is -2.83. The third kappa shape index (κ3) is 1.93. The first-order chi connectivity index (χ1) is 13.3. The minimum atomic E-state index is -2.83. The lowest BCUT2D eigenvalue weighted by Crippen LogP contribution is -2.21. The van der Waals surface area contributed by atoms with Crippen molar-refractivity contribution in [1.82, 2.24) is 0 Å². The summed E-state index contributed by atoms with van der Waals surface area (Å²) < 4.78 is 14.5. The molecule has 0 saturated carbocycles. The molecule has 2 heteroatoms. The monoisotopic (exact) mass is 364 g/mol. The first-order valence-electron chi connectivity index (χ1n) is 9.28. The Hall–Kier alpha value is -2.89. The molecule has 0 bridgehead atoms. The van der Waals surface area contributed by atoms with Gasteiger partial charge in [-0.1, -0.05) is 78.9 Å². The average Bonchev–Trinajstić information content (AvgIpc) is 3.22. The van der Waals surface area contributed by atoms with Crippen LogP contribution >= 0.6 is 7.14 Å². The van der Waals surface area contributed by atoms with Crippen LogP contribution in [-0.2, 0) is 11.0 Å². The quantitative estimate of drug-likeness (QED) is 0.380. The molecule has 4 aromatic carbocycles. The minimum absolute atomic E-state index is 0.921. The first-order valence-corrected chi connectivity index (χ1v) is 11.0. The Balaban J connectivity index is 1.69. The van der Waals surface area contributed by atoms with Crippen LogP contribution in [0.15, 0.2) is 91.0 Å². The molecular formula is C25H17OP. The lowest BCUT2D eigenvalue weighted by atomic mass is 9.99. The molecule has 27 heavy (non-hydrogen) atoms. The van der Waals surface area contributed by atoms with E-state index >= 15 is 0 Å². The van der Waals surface area contributed by atoms with Crippen LogP contribution in [0.3, 0.4) is 0 Å². The predicted molar refractivity (Wildman–Crippen MR) is 113 cm³/mol. The van der Waals surface area contributed by atoms with Crippen LogP contribution in [0.5, 0.6) is 0 Å². The summed E-state index contributed by atoms with van der Waals surface area (Å²) in [5.41, 5.74) is 7.51. The number of benzene rings is 4. The number of rotatable bonds is 1. The molecule has 0 amide bonds. The van der Waals surface area contributed by atoms with Crippen LogP contribution in [0.25, 0.3) is 22.3 Å². The van der Waals surface area contributed by atoms with Crippen molar-refractivity contribution < 1.29 is 4.57 Å². The number of fused-ring (bicyclic) bond motifs is 6. The highest BCUT2D eigenvalue weighted by Crippen LogP contribution is 2.54. The molecule has 2 aliphatic rings. The summed E-state index contributed by atoms with van der Waals surface area (Å²) in [5.74, 6) is 0. The van der Waals surface area contributed by atoms with Gasteiger partial charge in [-0.15, -0.1) is 0 Å². The molecule has 0 radical (unpaired) electrons. The van der Waals surface area contributed by atoms with E-state index in [-0.39, 0.29) is 0 Å². The van der Waals surface area contributed by atoms with E-state index in [1.807, 2.05) is 48.5 Å². The summed E-state index contributed by atoms with van der Waals surface area (Å²) in [5, 5.41) is 2.90. The molecule has 1 atom stereocenters. The fourth-order valence-corrected chi connectivity index (χ4v) is 7.77. The maximum Gasteiger partial charge on any atom is 0.172 e. The Bertz CT molecular complexity index is 1270. The van der Waals surface area contributed by atoms with E-state index in [1.165, 1.54) is 22.3 Å². The normalized spacial score (nSPS) is 18.5. The van der Waals surface area contributed by atoms with Crippen LogP contribution < -0.4 is 15.9 Å². The highest BCUT2D eigenvalue weighted by molar-refractivity contribution is 7.86. The van der Waals surface area contributed by atoms with Crippen LogP contribution in [0.4, 0.5) is 0 Å². The largest absolute Gasteiger partial charge is 0.309 e. The smallest absolute Gasteiger partial charge is 0.172 e. The SMILES string of the molecule is O=P1(c2ccccc2)c2ccccc2-c2cc3c(cc21)Cc1ccccc1-3. The number of hydrogen-bond acceptors (Lipinski definition) is 1. The maximum atomic E-state index is 14.5. The Morgan fingerprint density at radius 2 is 1.26 bits per heavy atom. The van der Waals surface area contributed by atoms with Gasteiger partial charge in [0.2, 0.25) is 0 Å². The summed E-state index contributed by atoms with van der Waals surface area (Å²) in [6.07, 6.45) is 0.921. The molecule has 1 aliphatic heterocycles. The second-order valence-corrected chi connectivity index (χ2v) is 10.0. The first kappa shape index (κ1) is 15.2. The van der Waals surface area contributed by atoms with Crippen molar-refractivity contribution in [2.45, 2.75) is 6.42 Å². The van der Waals surface area contributed by atoms with E-state index in [2.05, 4.69) is 42.5 Å². The molecule has 0 N–H and O–H groups in total. The van der Waals surface area contributed by atoms with Crippen molar-refractivity contribution in [3.8, 4) is 22.3 Å². The van der Waals surface area contributed by atoms with Gasteiger partial charge < -0.3 is 4.57 Å². The Labute approximate surface area is 158 Å². The molecule has 0 spiro atoms. The molecule has 1 aliphatic carbocycles. The van der Waals surface area contributed by atoms with Crippen LogP contribution in [0.1, 0.15) is 11.1 Å². The summed E-state index contributed by atoms with van der Waals surface area (Å²) >= 11 is 0. The van der Waals surface area contributed by atoms with Gasteiger partial charge >= 0.3 is 0 Å². The zero-order chi connectivity index (χ0) is 18.0. The van der Waals surface area contributed by atoms with Gasteiger partial charge in [0.05, 0.1) is 0 Å². The zero-order valence-electron chi connectivity index (χ0n) is 14.7. The molecule has 1 heterocycles. The van der Waals surface area contributed by atoms with Crippen molar-refractivity contribution >= 4 is 23.1 Å². The van der Waals surface area contributed by atoms with Crippen LogP contribution in [-0.4, -0.2) is 0 Å². The molecular weight excluding hydrogens is 347 g/mol. The fourth-order valence-electron chi connectivity index (χ4n) is 4.67. The van der Waals surface area contributed by atoms with Crippen molar-refractivity contribution in [3.63, 3.8) is 0 Å². The van der Waals surface area contributed by atoms with E-state index in [0.717, 1.165) is 33.5 Å². The Morgan fingerprint density at radius 3 is 2.11 bits per heavy atom. The lowest BCUT2D eigenvalue weighted by molar-refractivity contribution is 0.593. The van der Waals surface area contributed by atoms with Crippen molar-refractivity contribution in [2.75, 3.05) is 0 Å². The van der Waals surface area contributed by atoms with E-state index in [1.54, 1.807) is 0 Å². The average molecular weight is 364 g/mol. The third-order valence-corrected chi connectivity index (χ3v) is 9.04. The molecule has 4 aromatic rings. The fraction of sp³-hybridized carbons (Fsp3) is 0.0400. The Kier molecular flexibility index (Phi) is 2.99. The van der Waals surface area contributed by atoms with Gasteiger partial charge in [0.1, 0.15) is 0 Å². The molecule has 6 rings (SSSR count). The van der Waals surface area contributed by atoms with Crippen LogP contribution in [0, 0.1) is 0 Å². The third-order valence-electron chi connectivity index (χ3n) is 5.90. The summed E-state index contributed by atoms with van der Waals surface area (Å²) in [6, 6.07) is 31.3. The van der Waals surface area contributed by atoms with Crippen molar-refractivity contribution in [3.05, 3.63) is 102 Å². The van der Waals surface area contributed by atoms with Gasteiger partial charge in [-0.3, -0.25) is 0 Å². The van der Waals surface area contributed by atoms with E-state index < -0.39 is 7.14 Å². The predicted octanol–water partition coefficient (Wildman–Crippen LogP) is 4.88. The molecule has 0 fully saturated rings. The standard InChI is InChI=1S/C25H17OP/c26-27(19-9-2-1-3-10-19)24-13-7-6-12-21(24)23-16-22-18(15-25(23)27)14-17-8-4-5-11-20(17)22/h1-13,15-16H,14H2. The van der Waals surface area contributed by atoms with E-state index in [9.17, 15) is 4.57 Å². The molecule has 0 saturated heterocycles. The molecule has 1 unspecified atom stereocenters. The highest BCUT2D eigenvalue weighted by Gasteiger charge is 2.41. The highest BCUT2D eigenvalue weighted by atomic mass is 31.2. The van der Waals surface area contributed by atoms with Gasteiger partial charge in [-0.05, 0) is 51.9 Å². The van der Waals surface area contributed by atoms with Gasteiger partial charge in [0.15, 0.2) is 7.14 Å². The molecule has 1 nitrogen and oxygen atoms in total. The maximum absolute atomic E-state index is 14.5. The van der Waals surface area contributed by atoms with Crippen molar-refractivity contribution in [1.29, 1.82) is 0 Å². The summed E-state index contributed by atoms with van der Waals surface area (Å²) in [6.45, 7) is 0. The summed E-state index contributed by atoms with van der Waals surface area (Å²) in [4.78, 5) is 0. The zero-order valence-corrected chi connectivity index (χ0v) is 15.6. The Morgan fingerprint density at radius 1 is 0.556 bits per heavy atom. The van der Waals surface area contributed by atoms with Gasteiger partial charge in [0, 0.05) is 15.9 Å². The topological polar surface area (TPSA) is 17.1 Å². The number of hydrogen-bond donors (Lipinski definition) is 0. The molecule has 0 aromatic heterocycles. The lowest BCUT2D eigenvalue weighted by Gasteiger charge is -2.16. The second kappa shape index (κ2) is 5.31. The molecule has 128 valence electrons. The van der Waals surface area contributed by atoms with Crippen molar-refractivity contribution in [2.24, 2.45) is 0 Å². The van der Waals surface area contributed by atoms with Gasteiger partial charge in [-0.2, -0.15) is 0 Å².